The van der Waals surface area contributed by atoms with Gasteiger partial charge in [0, 0.05) is 22.4 Å². The molecule has 114 valence electrons. The SMILES string of the molecule is CNCc1ccc(S(=O)(=O)NCc2ccc(Br)s2)c(Br)c1. The van der Waals surface area contributed by atoms with Crippen molar-refractivity contribution in [2.75, 3.05) is 7.05 Å². The second-order valence-corrected chi connectivity index (χ2v) is 9.46. The summed E-state index contributed by atoms with van der Waals surface area (Å²) in [6.45, 7) is 0.971. The number of benzene rings is 1. The molecule has 0 saturated carbocycles. The number of thiophene rings is 1. The molecule has 0 bridgehead atoms. The van der Waals surface area contributed by atoms with Gasteiger partial charge in [0.15, 0.2) is 0 Å². The number of hydrogen-bond acceptors (Lipinski definition) is 4. The van der Waals surface area contributed by atoms with Gasteiger partial charge in [-0.25, -0.2) is 13.1 Å². The predicted octanol–water partition coefficient (Wildman–Crippen LogP) is 3.47. The summed E-state index contributed by atoms with van der Waals surface area (Å²) < 4.78 is 28.8. The highest BCUT2D eigenvalue weighted by atomic mass is 79.9. The Hall–Kier alpha value is -0.250. The van der Waals surface area contributed by atoms with E-state index in [0.717, 1.165) is 14.2 Å². The van der Waals surface area contributed by atoms with Crippen LogP contribution < -0.4 is 10.0 Å². The summed E-state index contributed by atoms with van der Waals surface area (Å²) in [6, 6.07) is 9.02. The van der Waals surface area contributed by atoms with Gasteiger partial charge in [-0.05, 0) is 68.7 Å². The van der Waals surface area contributed by atoms with Gasteiger partial charge in [0.2, 0.25) is 10.0 Å². The molecule has 1 heterocycles. The van der Waals surface area contributed by atoms with E-state index in [0.29, 0.717) is 11.0 Å². The third-order valence-corrected chi connectivity index (χ3v) is 6.73. The number of rotatable bonds is 6. The van der Waals surface area contributed by atoms with Crippen molar-refractivity contribution in [3.05, 3.63) is 49.0 Å². The molecular weight excluding hydrogens is 440 g/mol. The number of hydrogen-bond donors (Lipinski definition) is 2. The normalized spacial score (nSPS) is 11.8. The molecule has 0 aliphatic rings. The smallest absolute Gasteiger partial charge is 0.242 e. The largest absolute Gasteiger partial charge is 0.316 e. The van der Waals surface area contributed by atoms with Gasteiger partial charge in [-0.3, -0.25) is 0 Å². The number of sulfonamides is 1. The van der Waals surface area contributed by atoms with Gasteiger partial charge in [-0.1, -0.05) is 6.07 Å². The highest BCUT2D eigenvalue weighted by molar-refractivity contribution is 9.11. The summed E-state index contributed by atoms with van der Waals surface area (Å²) in [4.78, 5) is 1.20. The van der Waals surface area contributed by atoms with Crippen LogP contribution in [0.4, 0.5) is 0 Å². The van der Waals surface area contributed by atoms with E-state index in [1.165, 1.54) is 11.3 Å². The zero-order valence-electron chi connectivity index (χ0n) is 11.2. The molecule has 0 aliphatic heterocycles. The Kier molecular flexibility index (Phi) is 5.98. The molecule has 0 atom stereocenters. The van der Waals surface area contributed by atoms with E-state index in [9.17, 15) is 8.42 Å². The Morgan fingerprint density at radius 1 is 1.14 bits per heavy atom. The highest BCUT2D eigenvalue weighted by Gasteiger charge is 2.17. The van der Waals surface area contributed by atoms with Crippen LogP contribution in [0.25, 0.3) is 0 Å². The van der Waals surface area contributed by atoms with Crippen molar-refractivity contribution in [3.63, 3.8) is 0 Å². The summed E-state index contributed by atoms with van der Waals surface area (Å²) in [5, 5.41) is 3.03. The van der Waals surface area contributed by atoms with Gasteiger partial charge in [0.05, 0.1) is 8.68 Å². The van der Waals surface area contributed by atoms with Crippen molar-refractivity contribution >= 4 is 53.2 Å². The van der Waals surface area contributed by atoms with Crippen molar-refractivity contribution < 1.29 is 8.42 Å². The highest BCUT2D eigenvalue weighted by Crippen LogP contribution is 2.25. The molecule has 2 rings (SSSR count). The molecule has 0 spiro atoms. The van der Waals surface area contributed by atoms with Crippen molar-refractivity contribution in [2.24, 2.45) is 0 Å². The fourth-order valence-electron chi connectivity index (χ4n) is 1.77. The molecule has 8 heteroatoms. The lowest BCUT2D eigenvalue weighted by molar-refractivity contribution is 0.581. The van der Waals surface area contributed by atoms with Crippen LogP contribution in [-0.2, 0) is 23.1 Å². The topological polar surface area (TPSA) is 58.2 Å². The first-order valence-corrected chi connectivity index (χ1v) is 9.98. The molecule has 1 aromatic heterocycles. The third-order valence-electron chi connectivity index (χ3n) is 2.73. The Morgan fingerprint density at radius 3 is 2.48 bits per heavy atom. The van der Waals surface area contributed by atoms with Gasteiger partial charge < -0.3 is 5.32 Å². The zero-order valence-corrected chi connectivity index (χ0v) is 16.0. The standard InChI is InChI=1S/C13H14Br2N2O2S2/c1-16-7-9-2-4-12(11(14)6-9)21(18,19)17-8-10-3-5-13(15)20-10/h2-6,16-17H,7-8H2,1H3. The van der Waals surface area contributed by atoms with Gasteiger partial charge in [0.25, 0.3) is 0 Å². The summed E-state index contributed by atoms with van der Waals surface area (Å²) in [5.74, 6) is 0. The van der Waals surface area contributed by atoms with E-state index in [1.54, 1.807) is 12.1 Å². The lowest BCUT2D eigenvalue weighted by Crippen LogP contribution is -2.23. The molecule has 0 unspecified atom stereocenters. The van der Waals surface area contributed by atoms with Crippen LogP contribution in [0.2, 0.25) is 0 Å². The van der Waals surface area contributed by atoms with E-state index in [4.69, 9.17) is 0 Å². The summed E-state index contributed by atoms with van der Waals surface area (Å²) in [6.07, 6.45) is 0. The van der Waals surface area contributed by atoms with Gasteiger partial charge in [-0.2, -0.15) is 0 Å². The molecule has 2 N–H and O–H groups in total. The molecule has 0 amide bonds. The quantitative estimate of drug-likeness (QED) is 0.703. The van der Waals surface area contributed by atoms with Crippen molar-refractivity contribution in [3.8, 4) is 0 Å². The fourth-order valence-corrected chi connectivity index (χ4v) is 5.41. The van der Waals surface area contributed by atoms with Crippen LogP contribution in [0.15, 0.2) is 43.5 Å². The second-order valence-electron chi connectivity index (χ2n) is 4.33. The van der Waals surface area contributed by atoms with E-state index in [2.05, 4.69) is 41.9 Å². The Labute approximate surface area is 145 Å². The lowest BCUT2D eigenvalue weighted by atomic mass is 10.2. The first kappa shape index (κ1) is 17.1. The van der Waals surface area contributed by atoms with Crippen molar-refractivity contribution in [1.82, 2.24) is 10.0 Å². The predicted molar refractivity (Wildman–Crippen MR) is 93.0 cm³/mol. The average Bonchev–Trinajstić information content (AvgIpc) is 2.83. The minimum atomic E-state index is -3.54. The third kappa shape index (κ3) is 4.61. The summed E-state index contributed by atoms with van der Waals surface area (Å²) in [5.41, 5.74) is 1.02. The summed E-state index contributed by atoms with van der Waals surface area (Å²) in [7, 11) is -1.69. The maximum absolute atomic E-state index is 12.3. The number of nitrogens with one attached hydrogen (secondary N) is 2. The zero-order chi connectivity index (χ0) is 15.5. The molecule has 0 saturated heterocycles. The van der Waals surface area contributed by atoms with E-state index in [-0.39, 0.29) is 11.4 Å². The second kappa shape index (κ2) is 7.34. The van der Waals surface area contributed by atoms with Crippen LogP contribution in [0.1, 0.15) is 10.4 Å². The minimum Gasteiger partial charge on any atom is -0.316 e. The fraction of sp³-hybridized carbons (Fsp3) is 0.231. The van der Waals surface area contributed by atoms with Crippen LogP contribution in [0, 0.1) is 0 Å². The van der Waals surface area contributed by atoms with E-state index >= 15 is 0 Å². The van der Waals surface area contributed by atoms with Crippen LogP contribution >= 0.6 is 43.2 Å². The molecule has 0 fully saturated rings. The van der Waals surface area contributed by atoms with Crippen LogP contribution in [0.5, 0.6) is 0 Å². The maximum atomic E-state index is 12.3. The molecule has 0 aliphatic carbocycles. The van der Waals surface area contributed by atoms with Crippen molar-refractivity contribution in [1.29, 1.82) is 0 Å². The monoisotopic (exact) mass is 452 g/mol. The minimum absolute atomic E-state index is 0.248. The van der Waals surface area contributed by atoms with Gasteiger partial charge in [0.1, 0.15) is 0 Å². The lowest BCUT2D eigenvalue weighted by Gasteiger charge is -2.09. The molecular formula is C13H14Br2N2O2S2. The Balaban J connectivity index is 2.15. The molecule has 21 heavy (non-hydrogen) atoms. The average molecular weight is 454 g/mol. The molecule has 1 aromatic carbocycles. The Morgan fingerprint density at radius 2 is 1.90 bits per heavy atom. The first-order chi connectivity index (χ1) is 9.92. The summed E-state index contributed by atoms with van der Waals surface area (Å²) >= 11 is 8.20. The van der Waals surface area contributed by atoms with Gasteiger partial charge in [-0.15, -0.1) is 11.3 Å². The first-order valence-electron chi connectivity index (χ1n) is 6.09. The molecule has 0 radical (unpaired) electrons. The molecule has 2 aromatic rings. The van der Waals surface area contributed by atoms with Gasteiger partial charge >= 0.3 is 0 Å². The number of halogens is 2. The van der Waals surface area contributed by atoms with E-state index in [1.807, 2.05) is 25.2 Å². The van der Waals surface area contributed by atoms with Crippen LogP contribution in [-0.4, -0.2) is 15.5 Å². The van der Waals surface area contributed by atoms with Crippen LogP contribution in [0.3, 0.4) is 0 Å². The molecule has 4 nitrogen and oxygen atoms in total. The Bertz CT molecular complexity index is 730. The van der Waals surface area contributed by atoms with Crippen molar-refractivity contribution in [2.45, 2.75) is 18.0 Å². The maximum Gasteiger partial charge on any atom is 0.242 e. The van der Waals surface area contributed by atoms with E-state index < -0.39 is 10.0 Å².